The molecule has 1 aliphatic carbocycles. The van der Waals surface area contributed by atoms with Gasteiger partial charge in [-0.1, -0.05) is 24.4 Å². The lowest BCUT2D eigenvalue weighted by Crippen LogP contribution is -2.55. The molecule has 7 nitrogen and oxygen atoms in total. The van der Waals surface area contributed by atoms with E-state index in [1.165, 1.54) is 12.7 Å². The molecule has 2 rings (SSSR count). The van der Waals surface area contributed by atoms with Gasteiger partial charge < -0.3 is 20.1 Å². The van der Waals surface area contributed by atoms with Crippen LogP contribution in [0.4, 0.5) is 10.6 Å². The predicted molar refractivity (Wildman–Crippen MR) is 87.0 cm³/mol. The van der Waals surface area contributed by atoms with Crippen LogP contribution >= 0.6 is 0 Å². The van der Waals surface area contributed by atoms with E-state index in [0.29, 0.717) is 5.82 Å². The number of urea groups is 1. The minimum atomic E-state index is -0.458. The highest BCUT2D eigenvalue weighted by Gasteiger charge is 2.30. The number of aromatic nitrogens is 1. The van der Waals surface area contributed by atoms with Crippen LogP contribution in [-0.2, 0) is 4.79 Å². The first kappa shape index (κ1) is 17.3. The number of hydrogen-bond acceptors (Lipinski definition) is 4. The molecule has 7 heteroatoms. The number of hydrogen-bond donors (Lipinski definition) is 2. The maximum Gasteiger partial charge on any atom is 0.318 e. The average Bonchev–Trinajstić information content (AvgIpc) is 2.97. The molecule has 0 saturated heterocycles. The summed E-state index contributed by atoms with van der Waals surface area (Å²) >= 11 is 0. The second-order valence-corrected chi connectivity index (χ2v) is 6.97. The van der Waals surface area contributed by atoms with Crippen LogP contribution in [0.5, 0.6) is 0 Å². The highest BCUT2D eigenvalue weighted by Crippen LogP contribution is 2.19. The molecule has 1 aliphatic rings. The molecule has 3 amide bonds. The van der Waals surface area contributed by atoms with Crippen LogP contribution in [0.1, 0.15) is 52.9 Å². The third-order valence-corrected chi connectivity index (χ3v) is 3.99. The molecule has 1 aromatic rings. The van der Waals surface area contributed by atoms with Crippen molar-refractivity contribution in [1.29, 1.82) is 0 Å². The van der Waals surface area contributed by atoms with E-state index in [1.807, 2.05) is 20.8 Å². The zero-order chi connectivity index (χ0) is 16.9. The van der Waals surface area contributed by atoms with E-state index in [9.17, 15) is 9.59 Å². The second-order valence-electron chi connectivity index (χ2n) is 6.97. The molecule has 2 N–H and O–H groups in total. The minimum Gasteiger partial charge on any atom is -0.363 e. The number of amides is 3. The molecule has 23 heavy (non-hydrogen) atoms. The number of anilines is 1. The summed E-state index contributed by atoms with van der Waals surface area (Å²) in [5, 5.41) is 9.32. The Morgan fingerprint density at radius 3 is 2.57 bits per heavy atom. The summed E-state index contributed by atoms with van der Waals surface area (Å²) < 4.78 is 4.68. The van der Waals surface area contributed by atoms with E-state index in [-0.39, 0.29) is 24.5 Å². The number of nitrogens with one attached hydrogen (secondary N) is 2. The van der Waals surface area contributed by atoms with Gasteiger partial charge in [0.05, 0.1) is 0 Å². The van der Waals surface area contributed by atoms with Crippen LogP contribution in [-0.4, -0.2) is 40.1 Å². The Labute approximate surface area is 136 Å². The largest absolute Gasteiger partial charge is 0.363 e. The summed E-state index contributed by atoms with van der Waals surface area (Å²) in [5.74, 6) is 0.0455. The Morgan fingerprint density at radius 2 is 2.00 bits per heavy atom. The monoisotopic (exact) mass is 322 g/mol. The second kappa shape index (κ2) is 7.48. The van der Waals surface area contributed by atoms with Gasteiger partial charge in [-0.05, 0) is 33.6 Å². The highest BCUT2D eigenvalue weighted by atomic mass is 16.5. The molecule has 1 fully saturated rings. The number of rotatable bonds is 4. The van der Waals surface area contributed by atoms with Gasteiger partial charge in [0, 0.05) is 17.6 Å². The molecule has 1 saturated carbocycles. The molecule has 1 aromatic heterocycles. The Morgan fingerprint density at radius 1 is 1.30 bits per heavy atom. The molecule has 0 aliphatic heterocycles. The average molecular weight is 322 g/mol. The fourth-order valence-electron chi connectivity index (χ4n) is 2.72. The van der Waals surface area contributed by atoms with Gasteiger partial charge in [0.15, 0.2) is 5.82 Å². The van der Waals surface area contributed by atoms with Crippen molar-refractivity contribution in [2.75, 3.05) is 11.9 Å². The molecule has 0 unspecified atom stereocenters. The van der Waals surface area contributed by atoms with Crippen LogP contribution in [0.15, 0.2) is 16.9 Å². The summed E-state index contributed by atoms with van der Waals surface area (Å²) in [5.41, 5.74) is -0.458. The van der Waals surface area contributed by atoms with E-state index in [1.54, 1.807) is 11.0 Å². The summed E-state index contributed by atoms with van der Waals surface area (Å²) in [6, 6.07) is 1.57. The molecule has 0 spiro atoms. The third-order valence-electron chi connectivity index (χ3n) is 3.99. The smallest absolute Gasteiger partial charge is 0.318 e. The van der Waals surface area contributed by atoms with E-state index in [4.69, 9.17) is 0 Å². The number of carbonyl (C=O) groups is 2. The Kier molecular flexibility index (Phi) is 5.63. The standard InChI is InChI=1S/C16H26N4O3/c1-16(2,3)20(11-14(21)18-13-9-10-23-19-13)15(22)17-12-7-5-4-6-8-12/h9-10,12H,4-8,11H2,1-3H3,(H,17,22)(H,18,19,21). The van der Waals surface area contributed by atoms with Crippen molar-refractivity contribution >= 4 is 17.8 Å². The molecule has 1 heterocycles. The molecular formula is C16H26N4O3. The molecule has 0 aromatic carbocycles. The first-order valence-corrected chi connectivity index (χ1v) is 8.14. The zero-order valence-corrected chi connectivity index (χ0v) is 14.1. The Balaban J connectivity index is 1.95. The van der Waals surface area contributed by atoms with Crippen LogP contribution < -0.4 is 10.6 Å². The summed E-state index contributed by atoms with van der Waals surface area (Å²) in [6.45, 7) is 5.71. The topological polar surface area (TPSA) is 87.5 Å². The van der Waals surface area contributed by atoms with E-state index >= 15 is 0 Å². The quantitative estimate of drug-likeness (QED) is 0.892. The van der Waals surface area contributed by atoms with Crippen LogP contribution in [0.2, 0.25) is 0 Å². The van der Waals surface area contributed by atoms with Gasteiger partial charge in [-0.3, -0.25) is 4.79 Å². The van der Waals surface area contributed by atoms with Crippen molar-refractivity contribution in [3.63, 3.8) is 0 Å². The Hall–Kier alpha value is -2.05. The van der Waals surface area contributed by atoms with Crippen LogP contribution in [0.3, 0.4) is 0 Å². The van der Waals surface area contributed by atoms with Crippen molar-refractivity contribution in [1.82, 2.24) is 15.4 Å². The fourth-order valence-corrected chi connectivity index (χ4v) is 2.72. The van der Waals surface area contributed by atoms with Crippen molar-refractivity contribution in [3.8, 4) is 0 Å². The van der Waals surface area contributed by atoms with Gasteiger partial charge in [0.25, 0.3) is 0 Å². The minimum absolute atomic E-state index is 0.0328. The number of carbonyl (C=O) groups excluding carboxylic acids is 2. The summed E-state index contributed by atoms with van der Waals surface area (Å²) in [7, 11) is 0. The maximum absolute atomic E-state index is 12.6. The van der Waals surface area contributed by atoms with Gasteiger partial charge in [-0.2, -0.15) is 0 Å². The summed E-state index contributed by atoms with van der Waals surface area (Å²) in [4.78, 5) is 26.3. The molecule has 128 valence electrons. The maximum atomic E-state index is 12.6. The molecule has 0 radical (unpaired) electrons. The first-order valence-electron chi connectivity index (χ1n) is 8.14. The van der Waals surface area contributed by atoms with Crippen LogP contribution in [0, 0.1) is 0 Å². The number of nitrogens with zero attached hydrogens (tertiary/aromatic N) is 2. The van der Waals surface area contributed by atoms with Crippen molar-refractivity contribution < 1.29 is 14.1 Å². The van der Waals surface area contributed by atoms with E-state index < -0.39 is 5.54 Å². The predicted octanol–water partition coefficient (Wildman–Crippen LogP) is 2.76. The van der Waals surface area contributed by atoms with Gasteiger partial charge in [-0.25, -0.2) is 4.79 Å². The van der Waals surface area contributed by atoms with Gasteiger partial charge >= 0.3 is 6.03 Å². The molecular weight excluding hydrogens is 296 g/mol. The third kappa shape index (κ3) is 5.26. The lowest BCUT2D eigenvalue weighted by molar-refractivity contribution is -0.117. The normalized spacial score (nSPS) is 16.0. The van der Waals surface area contributed by atoms with Crippen molar-refractivity contribution in [3.05, 3.63) is 12.3 Å². The zero-order valence-electron chi connectivity index (χ0n) is 14.1. The SMILES string of the molecule is CC(C)(C)N(CC(=O)Nc1ccon1)C(=O)NC1CCCCC1. The van der Waals surface area contributed by atoms with Crippen molar-refractivity contribution in [2.24, 2.45) is 0 Å². The summed E-state index contributed by atoms with van der Waals surface area (Å²) in [6.07, 6.45) is 6.92. The van der Waals surface area contributed by atoms with Gasteiger partial charge in [0.2, 0.25) is 5.91 Å². The molecule has 0 bridgehead atoms. The first-order chi connectivity index (χ1) is 10.9. The lowest BCUT2D eigenvalue weighted by Gasteiger charge is -2.36. The van der Waals surface area contributed by atoms with E-state index in [2.05, 4.69) is 20.3 Å². The Bertz CT molecular complexity index is 516. The lowest BCUT2D eigenvalue weighted by atomic mass is 9.95. The van der Waals surface area contributed by atoms with Crippen molar-refractivity contribution in [2.45, 2.75) is 64.5 Å². The van der Waals surface area contributed by atoms with E-state index in [0.717, 1.165) is 25.7 Å². The fraction of sp³-hybridized carbons (Fsp3) is 0.688. The van der Waals surface area contributed by atoms with Gasteiger partial charge in [0.1, 0.15) is 12.8 Å². The highest BCUT2D eigenvalue weighted by molar-refractivity contribution is 5.93. The molecule has 0 atom stereocenters. The van der Waals surface area contributed by atoms with Crippen LogP contribution in [0.25, 0.3) is 0 Å². The van der Waals surface area contributed by atoms with Gasteiger partial charge in [-0.15, -0.1) is 0 Å².